The second-order valence-corrected chi connectivity index (χ2v) is 5.30. The maximum absolute atomic E-state index is 9.93. The van der Waals surface area contributed by atoms with Gasteiger partial charge in [-0.2, -0.15) is 5.26 Å². The summed E-state index contributed by atoms with van der Waals surface area (Å²) in [5.41, 5.74) is 1.55. The van der Waals surface area contributed by atoms with E-state index in [0.717, 1.165) is 24.1 Å². The van der Waals surface area contributed by atoms with Crippen LogP contribution in [0.1, 0.15) is 17.5 Å². The second kappa shape index (κ2) is 7.83. The van der Waals surface area contributed by atoms with Crippen molar-refractivity contribution in [2.24, 2.45) is 0 Å². The molecule has 110 valence electrons. The van der Waals surface area contributed by atoms with Crippen LogP contribution >= 0.6 is 12.4 Å². The van der Waals surface area contributed by atoms with E-state index in [0.29, 0.717) is 0 Å². The van der Waals surface area contributed by atoms with Crippen LogP contribution < -0.4 is 0 Å². The van der Waals surface area contributed by atoms with Crippen LogP contribution in [-0.2, 0) is 5.41 Å². The van der Waals surface area contributed by atoms with E-state index in [1.807, 2.05) is 74.8 Å². The highest BCUT2D eigenvalue weighted by molar-refractivity contribution is 5.85. The van der Waals surface area contributed by atoms with Crippen molar-refractivity contribution in [2.45, 2.75) is 11.8 Å². The summed E-state index contributed by atoms with van der Waals surface area (Å²) in [5.74, 6) is 0. The Morgan fingerprint density at radius 3 is 1.67 bits per heavy atom. The van der Waals surface area contributed by atoms with Crippen molar-refractivity contribution in [2.75, 3.05) is 20.6 Å². The lowest BCUT2D eigenvalue weighted by atomic mass is 9.73. The van der Waals surface area contributed by atoms with Gasteiger partial charge in [-0.25, -0.2) is 0 Å². The second-order valence-electron chi connectivity index (χ2n) is 5.30. The minimum Gasteiger partial charge on any atom is -0.309 e. The molecule has 0 aliphatic rings. The molecule has 0 aromatic heterocycles. The third-order valence-corrected chi connectivity index (χ3v) is 3.66. The third-order valence-electron chi connectivity index (χ3n) is 3.66. The molecule has 0 saturated heterocycles. The first kappa shape index (κ1) is 17.2. The molecular formula is C18H21ClN2. The van der Waals surface area contributed by atoms with Crippen molar-refractivity contribution >= 4 is 12.4 Å². The van der Waals surface area contributed by atoms with E-state index >= 15 is 0 Å². The summed E-state index contributed by atoms with van der Waals surface area (Å²) in [6, 6.07) is 22.7. The fraction of sp³-hybridized carbons (Fsp3) is 0.278. The highest BCUT2D eigenvalue weighted by Gasteiger charge is 2.34. The van der Waals surface area contributed by atoms with Gasteiger partial charge in [0.15, 0.2) is 0 Å². The van der Waals surface area contributed by atoms with Crippen LogP contribution in [0.15, 0.2) is 60.7 Å². The monoisotopic (exact) mass is 300 g/mol. The van der Waals surface area contributed by atoms with Crippen molar-refractivity contribution in [3.8, 4) is 6.07 Å². The van der Waals surface area contributed by atoms with Gasteiger partial charge >= 0.3 is 0 Å². The Kier molecular flexibility index (Phi) is 6.42. The molecule has 0 atom stereocenters. The smallest absolute Gasteiger partial charge is 0.108 e. The number of rotatable bonds is 5. The van der Waals surface area contributed by atoms with Gasteiger partial charge in [-0.3, -0.25) is 0 Å². The summed E-state index contributed by atoms with van der Waals surface area (Å²) in [5, 5.41) is 9.93. The number of hydrogen-bond acceptors (Lipinski definition) is 2. The number of nitrogens with zero attached hydrogens (tertiary/aromatic N) is 2. The molecule has 0 aliphatic carbocycles. The summed E-state index contributed by atoms with van der Waals surface area (Å²) < 4.78 is 0. The van der Waals surface area contributed by atoms with E-state index in [4.69, 9.17) is 0 Å². The number of halogens is 1. The third kappa shape index (κ3) is 3.85. The Labute approximate surface area is 133 Å². The molecule has 2 nitrogen and oxygen atoms in total. The summed E-state index contributed by atoms with van der Waals surface area (Å²) in [7, 11) is 4.08. The van der Waals surface area contributed by atoms with Gasteiger partial charge in [0.1, 0.15) is 5.41 Å². The molecule has 0 heterocycles. The van der Waals surface area contributed by atoms with E-state index in [1.165, 1.54) is 0 Å². The van der Waals surface area contributed by atoms with Crippen LogP contribution in [0.2, 0.25) is 0 Å². The molecule has 3 heteroatoms. The Balaban J connectivity index is 0.00000220. The van der Waals surface area contributed by atoms with Crippen molar-refractivity contribution in [3.05, 3.63) is 71.8 Å². The van der Waals surface area contributed by atoms with Crippen molar-refractivity contribution in [1.82, 2.24) is 4.90 Å². The molecule has 2 rings (SSSR count). The van der Waals surface area contributed by atoms with E-state index in [-0.39, 0.29) is 12.4 Å². The van der Waals surface area contributed by atoms with Gasteiger partial charge in [-0.15, -0.1) is 12.4 Å². The van der Waals surface area contributed by atoms with Gasteiger partial charge in [-0.05, 0) is 38.2 Å². The van der Waals surface area contributed by atoms with Crippen LogP contribution in [0.3, 0.4) is 0 Å². The van der Waals surface area contributed by atoms with Gasteiger partial charge in [0.05, 0.1) is 6.07 Å². The molecule has 0 radical (unpaired) electrons. The van der Waals surface area contributed by atoms with E-state index < -0.39 is 5.41 Å². The lowest BCUT2D eigenvalue weighted by Gasteiger charge is -2.29. The quantitative estimate of drug-likeness (QED) is 0.838. The van der Waals surface area contributed by atoms with Gasteiger partial charge < -0.3 is 4.90 Å². The first-order chi connectivity index (χ1) is 9.69. The van der Waals surface area contributed by atoms with E-state index in [9.17, 15) is 5.26 Å². The predicted octanol–water partition coefficient (Wildman–Crippen LogP) is 3.87. The van der Waals surface area contributed by atoms with Crippen LogP contribution in [-0.4, -0.2) is 25.5 Å². The zero-order chi connectivity index (χ0) is 14.4. The molecule has 0 amide bonds. The first-order valence-corrected chi connectivity index (χ1v) is 6.86. The molecule has 0 aliphatic heterocycles. The average Bonchev–Trinajstić information content (AvgIpc) is 2.50. The van der Waals surface area contributed by atoms with Crippen molar-refractivity contribution in [3.63, 3.8) is 0 Å². The zero-order valence-corrected chi connectivity index (χ0v) is 13.3. The SMILES string of the molecule is CN(C)CCC(C#N)(c1ccccc1)c1ccccc1.Cl. The number of hydrogen-bond donors (Lipinski definition) is 0. The normalized spacial score (nSPS) is 10.8. The fourth-order valence-electron chi connectivity index (χ4n) is 2.48. The van der Waals surface area contributed by atoms with E-state index in [1.54, 1.807) is 0 Å². The van der Waals surface area contributed by atoms with E-state index in [2.05, 4.69) is 11.0 Å². The topological polar surface area (TPSA) is 27.0 Å². The molecule has 0 fully saturated rings. The summed E-state index contributed by atoms with van der Waals surface area (Å²) in [6.07, 6.45) is 0.782. The molecular weight excluding hydrogens is 280 g/mol. The Hall–Kier alpha value is -1.82. The minimum atomic E-state index is -0.577. The largest absolute Gasteiger partial charge is 0.309 e. The van der Waals surface area contributed by atoms with Crippen LogP contribution in [0, 0.1) is 11.3 Å². The Bertz CT molecular complexity index is 534. The summed E-state index contributed by atoms with van der Waals surface area (Å²) in [4.78, 5) is 2.12. The molecule has 2 aromatic rings. The van der Waals surface area contributed by atoms with Gasteiger partial charge in [0.25, 0.3) is 0 Å². The minimum absolute atomic E-state index is 0. The standard InChI is InChI=1S/C18H20N2.ClH/c1-20(2)14-13-18(15-19,16-9-5-3-6-10-16)17-11-7-4-8-12-17;/h3-12H,13-14H2,1-2H3;1H. The maximum atomic E-state index is 9.93. The van der Waals surface area contributed by atoms with Crippen molar-refractivity contribution < 1.29 is 0 Å². The van der Waals surface area contributed by atoms with Gasteiger partial charge in [-0.1, -0.05) is 60.7 Å². The maximum Gasteiger partial charge on any atom is 0.108 e. The average molecular weight is 301 g/mol. The summed E-state index contributed by atoms with van der Waals surface area (Å²) >= 11 is 0. The molecule has 0 bridgehead atoms. The first-order valence-electron chi connectivity index (χ1n) is 6.86. The molecule has 2 aromatic carbocycles. The summed E-state index contributed by atoms with van der Waals surface area (Å²) in [6.45, 7) is 0.872. The van der Waals surface area contributed by atoms with Crippen LogP contribution in [0.25, 0.3) is 0 Å². The molecule has 0 spiro atoms. The van der Waals surface area contributed by atoms with Gasteiger partial charge in [0.2, 0.25) is 0 Å². The molecule has 0 N–H and O–H groups in total. The predicted molar refractivity (Wildman–Crippen MR) is 89.7 cm³/mol. The number of nitriles is 1. The Morgan fingerprint density at radius 2 is 1.33 bits per heavy atom. The van der Waals surface area contributed by atoms with Crippen molar-refractivity contribution in [1.29, 1.82) is 5.26 Å². The lowest BCUT2D eigenvalue weighted by Crippen LogP contribution is -2.30. The fourth-order valence-corrected chi connectivity index (χ4v) is 2.48. The highest BCUT2D eigenvalue weighted by Crippen LogP contribution is 2.35. The molecule has 0 unspecified atom stereocenters. The Morgan fingerprint density at radius 1 is 0.905 bits per heavy atom. The molecule has 0 saturated carbocycles. The zero-order valence-electron chi connectivity index (χ0n) is 12.5. The molecule has 21 heavy (non-hydrogen) atoms. The van der Waals surface area contributed by atoms with Crippen LogP contribution in [0.4, 0.5) is 0 Å². The lowest BCUT2D eigenvalue weighted by molar-refractivity contribution is 0.371. The highest BCUT2D eigenvalue weighted by atomic mass is 35.5. The number of benzene rings is 2. The van der Waals surface area contributed by atoms with Gasteiger partial charge in [0, 0.05) is 0 Å². The van der Waals surface area contributed by atoms with Crippen LogP contribution in [0.5, 0.6) is 0 Å².